The van der Waals surface area contributed by atoms with E-state index in [0.29, 0.717) is 5.11 Å². The van der Waals surface area contributed by atoms with Crippen molar-refractivity contribution < 1.29 is 0 Å². The summed E-state index contributed by atoms with van der Waals surface area (Å²) < 4.78 is 0. The Hall–Kier alpha value is -2.07. The molecule has 2 aromatic rings. The average Bonchev–Trinajstić information content (AvgIpc) is 2.53. The molecule has 0 heterocycles. The summed E-state index contributed by atoms with van der Waals surface area (Å²) in [5.74, 6) is 0. The van der Waals surface area contributed by atoms with Crippen molar-refractivity contribution >= 4 is 23.0 Å². The fourth-order valence-electron chi connectivity index (χ4n) is 2.17. The zero-order chi connectivity index (χ0) is 15.8. The van der Waals surface area contributed by atoms with Crippen molar-refractivity contribution in [2.45, 2.75) is 26.4 Å². The van der Waals surface area contributed by atoms with E-state index in [4.69, 9.17) is 12.2 Å². The van der Waals surface area contributed by atoms with E-state index in [9.17, 15) is 0 Å². The van der Waals surface area contributed by atoms with E-state index in [1.54, 1.807) is 0 Å². The molecule has 0 fully saturated rings. The lowest BCUT2D eigenvalue weighted by atomic mass is 10.1. The second-order valence-corrected chi connectivity index (χ2v) is 5.67. The highest BCUT2D eigenvalue weighted by molar-refractivity contribution is 7.80. The molecule has 1 atom stereocenters. The lowest BCUT2D eigenvalue weighted by Crippen LogP contribution is -2.40. The SMILES string of the molecule is CCCNC(=S)NC(Nc1cccc(C)c1)c1ccccc1. The van der Waals surface area contributed by atoms with E-state index in [1.807, 2.05) is 24.3 Å². The van der Waals surface area contributed by atoms with Crippen molar-refractivity contribution in [3.05, 3.63) is 65.7 Å². The summed E-state index contributed by atoms with van der Waals surface area (Å²) in [6.45, 7) is 5.08. The number of hydrogen-bond acceptors (Lipinski definition) is 2. The van der Waals surface area contributed by atoms with Gasteiger partial charge in [0.15, 0.2) is 5.11 Å². The van der Waals surface area contributed by atoms with Crippen LogP contribution in [0.4, 0.5) is 5.69 Å². The minimum absolute atomic E-state index is 0.0696. The van der Waals surface area contributed by atoms with Gasteiger partial charge in [-0.25, -0.2) is 0 Å². The maximum Gasteiger partial charge on any atom is 0.168 e. The highest BCUT2D eigenvalue weighted by Crippen LogP contribution is 2.18. The standard InChI is InChI=1S/C18H23N3S/c1-3-12-19-18(22)21-17(15-9-5-4-6-10-15)20-16-11-7-8-14(2)13-16/h4-11,13,17,20H,3,12H2,1-2H3,(H2,19,21,22). The normalized spacial score (nSPS) is 11.5. The third-order valence-electron chi connectivity index (χ3n) is 3.27. The van der Waals surface area contributed by atoms with Crippen LogP contribution < -0.4 is 16.0 Å². The summed E-state index contributed by atoms with van der Waals surface area (Å²) >= 11 is 5.38. The van der Waals surface area contributed by atoms with Crippen LogP contribution in [0.2, 0.25) is 0 Å². The van der Waals surface area contributed by atoms with Gasteiger partial charge >= 0.3 is 0 Å². The predicted octanol–water partition coefficient (Wildman–Crippen LogP) is 3.98. The third kappa shape index (κ3) is 5.04. The quantitative estimate of drug-likeness (QED) is 0.557. The van der Waals surface area contributed by atoms with E-state index < -0.39 is 0 Å². The number of hydrogen-bond donors (Lipinski definition) is 3. The van der Waals surface area contributed by atoms with Gasteiger partial charge in [0.05, 0.1) is 0 Å². The Labute approximate surface area is 138 Å². The fourth-order valence-corrected chi connectivity index (χ4v) is 2.39. The Morgan fingerprint density at radius 2 is 1.86 bits per heavy atom. The summed E-state index contributed by atoms with van der Waals surface area (Å²) in [6.07, 6.45) is 0.975. The van der Waals surface area contributed by atoms with Crippen LogP contribution in [0.15, 0.2) is 54.6 Å². The molecule has 0 spiro atoms. The number of benzene rings is 2. The highest BCUT2D eigenvalue weighted by Gasteiger charge is 2.12. The van der Waals surface area contributed by atoms with E-state index in [0.717, 1.165) is 24.2 Å². The molecule has 0 aromatic heterocycles. The van der Waals surface area contributed by atoms with Crippen molar-refractivity contribution in [3.8, 4) is 0 Å². The molecule has 0 bridgehead atoms. The number of nitrogens with one attached hydrogen (secondary N) is 3. The number of rotatable bonds is 6. The van der Waals surface area contributed by atoms with Gasteiger partial charge in [-0.1, -0.05) is 49.4 Å². The maximum absolute atomic E-state index is 5.38. The molecule has 0 amide bonds. The second-order valence-electron chi connectivity index (χ2n) is 5.26. The van der Waals surface area contributed by atoms with Crippen LogP contribution in [0.25, 0.3) is 0 Å². The Morgan fingerprint density at radius 1 is 1.09 bits per heavy atom. The van der Waals surface area contributed by atoms with Crippen molar-refractivity contribution in [1.82, 2.24) is 10.6 Å². The van der Waals surface area contributed by atoms with Gasteiger partial charge in [0.2, 0.25) is 0 Å². The first-order valence-electron chi connectivity index (χ1n) is 7.61. The van der Waals surface area contributed by atoms with Crippen LogP contribution in [0, 0.1) is 6.92 Å². The van der Waals surface area contributed by atoms with E-state index >= 15 is 0 Å². The predicted molar refractivity (Wildman–Crippen MR) is 98.0 cm³/mol. The van der Waals surface area contributed by atoms with Crippen molar-refractivity contribution in [3.63, 3.8) is 0 Å². The fraction of sp³-hybridized carbons (Fsp3) is 0.278. The van der Waals surface area contributed by atoms with E-state index in [1.165, 1.54) is 5.56 Å². The van der Waals surface area contributed by atoms with Crippen LogP contribution in [0.3, 0.4) is 0 Å². The van der Waals surface area contributed by atoms with Crippen LogP contribution in [-0.2, 0) is 0 Å². The Bertz CT molecular complexity index is 598. The summed E-state index contributed by atoms with van der Waals surface area (Å²) in [5, 5.41) is 10.7. The van der Waals surface area contributed by atoms with Gasteiger partial charge in [-0.2, -0.15) is 0 Å². The minimum atomic E-state index is -0.0696. The molecular weight excluding hydrogens is 290 g/mol. The molecule has 116 valence electrons. The van der Waals surface area contributed by atoms with Gasteiger partial charge in [-0.3, -0.25) is 0 Å². The van der Waals surface area contributed by atoms with Gasteiger partial charge in [-0.15, -0.1) is 0 Å². The molecule has 3 N–H and O–H groups in total. The molecule has 2 rings (SSSR count). The number of aryl methyl sites for hydroxylation is 1. The molecule has 4 heteroatoms. The van der Waals surface area contributed by atoms with Crippen molar-refractivity contribution in [1.29, 1.82) is 0 Å². The minimum Gasteiger partial charge on any atom is -0.363 e. The van der Waals surface area contributed by atoms with Crippen molar-refractivity contribution in [2.24, 2.45) is 0 Å². The molecule has 0 radical (unpaired) electrons. The van der Waals surface area contributed by atoms with Gasteiger partial charge < -0.3 is 16.0 Å². The van der Waals surface area contributed by atoms with Crippen LogP contribution >= 0.6 is 12.2 Å². The zero-order valence-corrected chi connectivity index (χ0v) is 13.9. The first-order valence-corrected chi connectivity index (χ1v) is 8.02. The molecule has 2 aromatic carbocycles. The second kappa shape index (κ2) is 8.39. The van der Waals surface area contributed by atoms with Crippen LogP contribution in [-0.4, -0.2) is 11.7 Å². The van der Waals surface area contributed by atoms with Crippen LogP contribution in [0.5, 0.6) is 0 Å². The molecule has 0 saturated heterocycles. The van der Waals surface area contributed by atoms with Crippen LogP contribution in [0.1, 0.15) is 30.6 Å². The maximum atomic E-state index is 5.38. The smallest absolute Gasteiger partial charge is 0.168 e. The molecule has 0 aliphatic rings. The zero-order valence-electron chi connectivity index (χ0n) is 13.1. The summed E-state index contributed by atoms with van der Waals surface area (Å²) in [4.78, 5) is 0. The average molecular weight is 313 g/mol. The Balaban J connectivity index is 2.13. The largest absolute Gasteiger partial charge is 0.363 e. The van der Waals surface area contributed by atoms with E-state index in [2.05, 4.69) is 60.1 Å². The third-order valence-corrected chi connectivity index (χ3v) is 3.54. The summed E-state index contributed by atoms with van der Waals surface area (Å²) in [5.41, 5.74) is 3.44. The summed E-state index contributed by atoms with van der Waals surface area (Å²) in [6, 6.07) is 18.6. The monoisotopic (exact) mass is 313 g/mol. The molecule has 0 aliphatic carbocycles. The first-order chi connectivity index (χ1) is 10.7. The number of anilines is 1. The number of thiocarbonyl (C=S) groups is 1. The Kier molecular flexibility index (Phi) is 6.22. The highest BCUT2D eigenvalue weighted by atomic mass is 32.1. The van der Waals surface area contributed by atoms with Gasteiger partial charge in [0.1, 0.15) is 6.17 Å². The van der Waals surface area contributed by atoms with Gasteiger partial charge in [0.25, 0.3) is 0 Å². The lowest BCUT2D eigenvalue weighted by Gasteiger charge is -2.23. The Morgan fingerprint density at radius 3 is 2.55 bits per heavy atom. The molecule has 1 unspecified atom stereocenters. The molecule has 3 nitrogen and oxygen atoms in total. The molecular formula is C18H23N3S. The van der Waals surface area contributed by atoms with E-state index in [-0.39, 0.29) is 6.17 Å². The van der Waals surface area contributed by atoms with Gasteiger partial charge in [0, 0.05) is 12.2 Å². The molecule has 0 aliphatic heterocycles. The first kappa shape index (κ1) is 16.3. The lowest BCUT2D eigenvalue weighted by molar-refractivity contribution is 0.707. The topological polar surface area (TPSA) is 36.1 Å². The summed E-state index contributed by atoms with van der Waals surface area (Å²) in [7, 11) is 0. The molecule has 22 heavy (non-hydrogen) atoms. The van der Waals surface area contributed by atoms with Gasteiger partial charge in [-0.05, 0) is 48.8 Å². The molecule has 0 saturated carbocycles. The van der Waals surface area contributed by atoms with Crippen molar-refractivity contribution in [2.75, 3.05) is 11.9 Å².